The summed E-state index contributed by atoms with van der Waals surface area (Å²) < 4.78 is 10.7. The van der Waals surface area contributed by atoms with Crippen molar-refractivity contribution in [3.63, 3.8) is 0 Å². The molecular formula is C19H21N3O6. The summed E-state index contributed by atoms with van der Waals surface area (Å²) in [5, 5.41) is 11.0. The molecule has 2 amide bonds. The minimum absolute atomic E-state index is 0.0420. The number of rotatable bonds is 7. The van der Waals surface area contributed by atoms with E-state index in [1.165, 1.54) is 25.1 Å². The van der Waals surface area contributed by atoms with Gasteiger partial charge in [0.2, 0.25) is 0 Å². The smallest absolute Gasteiger partial charge is 0.310 e. The van der Waals surface area contributed by atoms with Crippen molar-refractivity contribution in [1.82, 2.24) is 10.9 Å². The lowest BCUT2D eigenvalue weighted by Gasteiger charge is -2.15. The summed E-state index contributed by atoms with van der Waals surface area (Å²) in [6, 6.07) is 11.3. The lowest BCUT2D eigenvalue weighted by atomic mass is 10.1. The number of hydrogen-bond acceptors (Lipinski definition) is 6. The number of nitro groups is 1. The van der Waals surface area contributed by atoms with Gasteiger partial charge < -0.3 is 9.47 Å². The molecule has 2 aromatic carbocycles. The average Bonchev–Trinajstić information content (AvgIpc) is 2.65. The number of nitrogens with one attached hydrogen (secondary N) is 2. The molecule has 0 heterocycles. The third-order valence-electron chi connectivity index (χ3n) is 3.75. The molecule has 9 nitrogen and oxygen atoms in total. The predicted molar refractivity (Wildman–Crippen MR) is 101 cm³/mol. The fourth-order valence-electron chi connectivity index (χ4n) is 2.33. The molecule has 0 aromatic heterocycles. The second-order valence-electron chi connectivity index (χ2n) is 6.08. The Kier molecular flexibility index (Phi) is 6.91. The molecule has 2 N–H and O–H groups in total. The summed E-state index contributed by atoms with van der Waals surface area (Å²) in [7, 11) is 0. The molecular weight excluding hydrogens is 366 g/mol. The van der Waals surface area contributed by atoms with Gasteiger partial charge >= 0.3 is 5.69 Å². The number of carbonyl (C=O) groups excluding carboxylic acids is 2. The second-order valence-corrected chi connectivity index (χ2v) is 6.08. The first-order chi connectivity index (χ1) is 13.3. The molecule has 0 fully saturated rings. The zero-order chi connectivity index (χ0) is 20.7. The molecule has 148 valence electrons. The van der Waals surface area contributed by atoms with Crippen LogP contribution in [0.4, 0.5) is 5.69 Å². The molecule has 0 unspecified atom stereocenters. The normalized spacial score (nSPS) is 11.2. The summed E-state index contributed by atoms with van der Waals surface area (Å²) in [5.41, 5.74) is 6.12. The molecule has 1 atom stereocenters. The maximum Gasteiger partial charge on any atom is 0.310 e. The first-order valence-corrected chi connectivity index (χ1v) is 8.46. The Morgan fingerprint density at radius 3 is 2.50 bits per heavy atom. The highest BCUT2D eigenvalue weighted by molar-refractivity contribution is 5.85. The van der Waals surface area contributed by atoms with E-state index >= 15 is 0 Å². The number of carbonyl (C=O) groups is 2. The van der Waals surface area contributed by atoms with Crippen molar-refractivity contribution in [3.05, 3.63) is 63.7 Å². The number of aryl methyl sites for hydroxylation is 2. The quantitative estimate of drug-likeness (QED) is 0.555. The highest BCUT2D eigenvalue weighted by atomic mass is 16.6. The lowest BCUT2D eigenvalue weighted by Crippen LogP contribution is -2.48. The van der Waals surface area contributed by atoms with Crippen LogP contribution in [0.2, 0.25) is 0 Å². The molecule has 0 spiro atoms. The van der Waals surface area contributed by atoms with Gasteiger partial charge in [0, 0.05) is 6.07 Å². The Bertz CT molecular complexity index is 884. The van der Waals surface area contributed by atoms with Crippen molar-refractivity contribution >= 4 is 17.5 Å². The van der Waals surface area contributed by atoms with Crippen LogP contribution in [-0.4, -0.2) is 29.4 Å². The maximum absolute atomic E-state index is 12.0. The fraction of sp³-hybridized carbons (Fsp3) is 0.263. The van der Waals surface area contributed by atoms with E-state index in [-0.39, 0.29) is 18.0 Å². The number of para-hydroxylation sites is 2. The van der Waals surface area contributed by atoms with Crippen LogP contribution in [0, 0.1) is 24.0 Å². The fourth-order valence-corrected chi connectivity index (χ4v) is 2.33. The van der Waals surface area contributed by atoms with Crippen molar-refractivity contribution < 1.29 is 24.0 Å². The number of benzene rings is 2. The Hall–Kier alpha value is -3.62. The van der Waals surface area contributed by atoms with Gasteiger partial charge in [0.1, 0.15) is 5.75 Å². The summed E-state index contributed by atoms with van der Waals surface area (Å²) in [6.45, 7) is 4.93. The van der Waals surface area contributed by atoms with Gasteiger partial charge in [-0.3, -0.25) is 30.6 Å². The zero-order valence-corrected chi connectivity index (χ0v) is 15.7. The number of amides is 2. The van der Waals surface area contributed by atoms with E-state index in [4.69, 9.17) is 9.47 Å². The third kappa shape index (κ3) is 5.70. The molecule has 0 saturated heterocycles. The van der Waals surface area contributed by atoms with E-state index in [0.29, 0.717) is 5.75 Å². The predicted octanol–water partition coefficient (Wildman–Crippen LogP) is 2.21. The van der Waals surface area contributed by atoms with Gasteiger partial charge in [0.05, 0.1) is 4.92 Å². The van der Waals surface area contributed by atoms with Crippen molar-refractivity contribution in [2.75, 3.05) is 6.61 Å². The van der Waals surface area contributed by atoms with Gasteiger partial charge in [-0.2, -0.15) is 0 Å². The van der Waals surface area contributed by atoms with Gasteiger partial charge in [0.15, 0.2) is 18.5 Å². The molecule has 0 bridgehead atoms. The second kappa shape index (κ2) is 9.36. The highest BCUT2D eigenvalue weighted by Crippen LogP contribution is 2.26. The number of nitrogens with zero attached hydrogens (tertiary/aromatic N) is 1. The summed E-state index contributed by atoms with van der Waals surface area (Å²) >= 11 is 0. The van der Waals surface area contributed by atoms with Gasteiger partial charge in [-0.05, 0) is 38.5 Å². The summed E-state index contributed by atoms with van der Waals surface area (Å²) in [5.74, 6) is -0.705. The molecule has 2 rings (SSSR count). The topological polar surface area (TPSA) is 120 Å². The molecule has 28 heavy (non-hydrogen) atoms. The number of nitro benzene ring substituents is 1. The monoisotopic (exact) mass is 387 g/mol. The number of hydrazine groups is 1. The lowest BCUT2D eigenvalue weighted by molar-refractivity contribution is -0.386. The van der Waals surface area contributed by atoms with E-state index < -0.39 is 22.8 Å². The van der Waals surface area contributed by atoms with Crippen LogP contribution in [0.1, 0.15) is 18.1 Å². The zero-order valence-electron chi connectivity index (χ0n) is 15.7. The van der Waals surface area contributed by atoms with Crippen molar-refractivity contribution in [3.8, 4) is 11.5 Å². The molecule has 0 aliphatic rings. The van der Waals surface area contributed by atoms with Crippen molar-refractivity contribution in [2.24, 2.45) is 0 Å². The molecule has 0 radical (unpaired) electrons. The van der Waals surface area contributed by atoms with Crippen LogP contribution in [-0.2, 0) is 9.59 Å². The summed E-state index contributed by atoms with van der Waals surface area (Å²) in [6.07, 6.45) is -1.07. The number of hydrogen-bond donors (Lipinski definition) is 2. The molecule has 0 aliphatic carbocycles. The largest absolute Gasteiger partial charge is 0.483 e. The average molecular weight is 387 g/mol. The maximum atomic E-state index is 12.0. The third-order valence-corrected chi connectivity index (χ3v) is 3.75. The van der Waals surface area contributed by atoms with Crippen molar-refractivity contribution in [2.45, 2.75) is 26.9 Å². The van der Waals surface area contributed by atoms with Gasteiger partial charge in [-0.15, -0.1) is 0 Å². The molecule has 0 aliphatic heterocycles. The van der Waals surface area contributed by atoms with Crippen LogP contribution < -0.4 is 20.3 Å². The van der Waals surface area contributed by atoms with Gasteiger partial charge in [-0.25, -0.2) is 0 Å². The SMILES string of the molecule is Cc1ccc(OCC(=O)NNC(=O)[C@@H](C)Oc2ccccc2[N+](=O)[O-])c(C)c1. The molecule has 9 heteroatoms. The Balaban J connectivity index is 1.82. The molecule has 0 saturated carbocycles. The van der Waals surface area contributed by atoms with Gasteiger partial charge in [-0.1, -0.05) is 29.8 Å². The van der Waals surface area contributed by atoms with Crippen LogP contribution in [0.5, 0.6) is 11.5 Å². The van der Waals surface area contributed by atoms with E-state index in [2.05, 4.69) is 10.9 Å². The summed E-state index contributed by atoms with van der Waals surface area (Å²) in [4.78, 5) is 34.2. The van der Waals surface area contributed by atoms with E-state index in [1.807, 2.05) is 26.0 Å². The first kappa shape index (κ1) is 20.7. The Morgan fingerprint density at radius 1 is 1.11 bits per heavy atom. The Labute approximate surface area is 161 Å². The highest BCUT2D eigenvalue weighted by Gasteiger charge is 2.21. The van der Waals surface area contributed by atoms with Crippen molar-refractivity contribution in [1.29, 1.82) is 0 Å². The van der Waals surface area contributed by atoms with Gasteiger partial charge in [0.25, 0.3) is 11.8 Å². The molecule has 2 aromatic rings. The van der Waals surface area contributed by atoms with Crippen LogP contribution in [0.3, 0.4) is 0 Å². The Morgan fingerprint density at radius 2 is 1.82 bits per heavy atom. The number of ether oxygens (including phenoxy) is 2. The minimum atomic E-state index is -1.07. The van der Waals surface area contributed by atoms with E-state index in [1.54, 1.807) is 12.1 Å². The van der Waals surface area contributed by atoms with E-state index in [9.17, 15) is 19.7 Å². The van der Waals surface area contributed by atoms with Crippen LogP contribution in [0.25, 0.3) is 0 Å². The van der Waals surface area contributed by atoms with E-state index in [0.717, 1.165) is 11.1 Å². The van der Waals surface area contributed by atoms with Crippen LogP contribution in [0.15, 0.2) is 42.5 Å². The first-order valence-electron chi connectivity index (χ1n) is 8.46. The standard InChI is InChI=1S/C19H21N3O6/c1-12-8-9-16(13(2)10-12)27-11-18(23)20-21-19(24)14(3)28-17-7-5-4-6-15(17)22(25)26/h4-10,14H,11H2,1-3H3,(H,20,23)(H,21,24)/t14-/m1/s1. The minimum Gasteiger partial charge on any atom is -0.483 e. The van der Waals surface area contributed by atoms with Crippen LogP contribution >= 0.6 is 0 Å².